The second kappa shape index (κ2) is 8.89. The number of carbonyl (C=O) groups is 3. The molecule has 3 amide bonds. The van der Waals surface area contributed by atoms with Gasteiger partial charge in [0.05, 0.1) is 21.9 Å². The molecule has 0 radical (unpaired) electrons. The van der Waals surface area contributed by atoms with Crippen molar-refractivity contribution in [2.45, 2.75) is 13.8 Å². The number of rotatable bonds is 4. The van der Waals surface area contributed by atoms with Crippen LogP contribution in [0.15, 0.2) is 76.4 Å². The van der Waals surface area contributed by atoms with E-state index in [1.165, 1.54) is 23.0 Å². The van der Waals surface area contributed by atoms with Gasteiger partial charge in [-0.05, 0) is 42.8 Å². The van der Waals surface area contributed by atoms with E-state index in [1.54, 1.807) is 49.4 Å². The Morgan fingerprint density at radius 2 is 1.75 bits per heavy atom. The number of thioether (sulfide) groups is 1. The van der Waals surface area contributed by atoms with Gasteiger partial charge in [-0.3, -0.25) is 19.3 Å². The second-order valence-electron chi connectivity index (χ2n) is 7.04. The maximum atomic E-state index is 13.0. The largest absolute Gasteiger partial charge is 0.326 e. The lowest BCUT2D eigenvalue weighted by atomic mass is 10.1. The lowest BCUT2D eigenvalue weighted by Gasteiger charge is -2.12. The molecule has 160 valence electrons. The van der Waals surface area contributed by atoms with Gasteiger partial charge in [0.2, 0.25) is 5.91 Å². The Bertz CT molecular complexity index is 1220. The third kappa shape index (κ3) is 4.39. The van der Waals surface area contributed by atoms with Gasteiger partial charge in [-0.2, -0.15) is 10.1 Å². The lowest BCUT2D eigenvalue weighted by molar-refractivity contribution is -0.120. The Morgan fingerprint density at radius 3 is 2.41 bits per heavy atom. The Kier molecular flexibility index (Phi) is 6.02. The summed E-state index contributed by atoms with van der Waals surface area (Å²) in [7, 11) is 0. The van der Waals surface area contributed by atoms with Crippen molar-refractivity contribution >= 4 is 69.2 Å². The highest BCUT2D eigenvalue weighted by atomic mass is 32.2. The summed E-state index contributed by atoms with van der Waals surface area (Å²) in [6.45, 7) is 3.16. The maximum Gasteiger partial charge on any atom is 0.282 e. The number of para-hydroxylation sites is 1. The number of thiocarbonyl (C=S) groups is 1. The highest BCUT2D eigenvalue weighted by molar-refractivity contribution is 8.26. The van der Waals surface area contributed by atoms with E-state index in [0.29, 0.717) is 31.9 Å². The molecule has 0 aromatic heterocycles. The van der Waals surface area contributed by atoms with E-state index in [4.69, 9.17) is 12.2 Å². The molecule has 9 heteroatoms. The number of hydrazone groups is 1. The summed E-state index contributed by atoms with van der Waals surface area (Å²) < 4.78 is 0.336. The van der Waals surface area contributed by atoms with Crippen LogP contribution in [0.5, 0.6) is 0 Å². The predicted molar refractivity (Wildman–Crippen MR) is 131 cm³/mol. The van der Waals surface area contributed by atoms with Crippen LogP contribution in [-0.4, -0.2) is 32.7 Å². The molecule has 2 aliphatic rings. The lowest BCUT2D eigenvalue weighted by Crippen LogP contribution is -2.26. The molecule has 0 aliphatic carbocycles. The first kappa shape index (κ1) is 21.7. The zero-order valence-electron chi connectivity index (χ0n) is 17.2. The van der Waals surface area contributed by atoms with Crippen LogP contribution >= 0.6 is 24.0 Å². The number of amides is 3. The minimum absolute atomic E-state index is 0.155. The minimum Gasteiger partial charge on any atom is -0.326 e. The molecular weight excluding hydrogens is 444 g/mol. The molecule has 1 fully saturated rings. The van der Waals surface area contributed by atoms with Crippen LogP contribution in [0.4, 0.5) is 11.4 Å². The minimum atomic E-state index is -0.319. The normalized spacial score (nSPS) is 18.7. The van der Waals surface area contributed by atoms with Gasteiger partial charge in [-0.1, -0.05) is 54.3 Å². The van der Waals surface area contributed by atoms with Gasteiger partial charge in [0.15, 0.2) is 4.32 Å². The molecular formula is C23H18N4O3S2. The quantitative estimate of drug-likeness (QED) is 0.545. The number of carbonyl (C=O) groups excluding carboxylic acids is 3. The molecule has 0 bridgehead atoms. The molecule has 2 aromatic carbocycles. The van der Waals surface area contributed by atoms with Crippen LogP contribution in [0, 0.1) is 0 Å². The molecule has 2 aliphatic heterocycles. The molecule has 0 saturated carbocycles. The van der Waals surface area contributed by atoms with Crippen LogP contribution in [0.2, 0.25) is 0 Å². The van der Waals surface area contributed by atoms with Crippen molar-refractivity contribution in [2.24, 2.45) is 5.10 Å². The summed E-state index contributed by atoms with van der Waals surface area (Å²) in [6.07, 6.45) is 3.19. The highest BCUT2D eigenvalue weighted by Gasteiger charge is 2.35. The van der Waals surface area contributed by atoms with Crippen molar-refractivity contribution < 1.29 is 14.4 Å². The molecule has 1 saturated heterocycles. The Morgan fingerprint density at radius 1 is 1.06 bits per heavy atom. The number of hydrogen-bond acceptors (Lipinski definition) is 6. The monoisotopic (exact) mass is 462 g/mol. The average molecular weight is 463 g/mol. The Hall–Kier alpha value is -3.56. The summed E-state index contributed by atoms with van der Waals surface area (Å²) in [4.78, 5) is 38.8. The molecule has 1 N–H and O–H groups in total. The maximum absolute atomic E-state index is 13.0. The number of hydrogen-bond donors (Lipinski definition) is 1. The van der Waals surface area contributed by atoms with E-state index in [2.05, 4.69) is 10.4 Å². The van der Waals surface area contributed by atoms with E-state index in [9.17, 15) is 14.4 Å². The smallest absolute Gasteiger partial charge is 0.282 e. The van der Waals surface area contributed by atoms with Gasteiger partial charge >= 0.3 is 0 Å². The Balaban J connectivity index is 1.55. The van der Waals surface area contributed by atoms with E-state index >= 15 is 0 Å². The highest BCUT2D eigenvalue weighted by Crippen LogP contribution is 2.34. The second-order valence-corrected chi connectivity index (χ2v) is 8.71. The number of benzene rings is 2. The molecule has 2 heterocycles. The standard InChI is InChI=1S/C23H18N4O3S2/c1-14-19(21(29)27(25-14)18-6-4-3-5-7-18)13-26-22(30)20(32-23(26)31)12-16-8-10-17(11-9-16)24-15(2)28/h3-13H,1-2H3,(H,24,28). The number of anilines is 2. The number of nitrogens with one attached hydrogen (secondary N) is 1. The fourth-order valence-electron chi connectivity index (χ4n) is 3.15. The third-order valence-corrected chi connectivity index (χ3v) is 6.00. The molecule has 0 atom stereocenters. The van der Waals surface area contributed by atoms with Crippen molar-refractivity contribution in [3.05, 3.63) is 76.8 Å². The summed E-state index contributed by atoms with van der Waals surface area (Å²) in [5.74, 6) is -0.782. The predicted octanol–water partition coefficient (Wildman–Crippen LogP) is 4.15. The van der Waals surface area contributed by atoms with Crippen molar-refractivity contribution in [3.63, 3.8) is 0 Å². The van der Waals surface area contributed by atoms with E-state index in [0.717, 1.165) is 17.3 Å². The van der Waals surface area contributed by atoms with Gasteiger partial charge in [0, 0.05) is 18.8 Å². The zero-order chi connectivity index (χ0) is 22.8. The summed E-state index contributed by atoms with van der Waals surface area (Å²) >= 11 is 6.55. The first-order valence-electron chi connectivity index (χ1n) is 9.65. The van der Waals surface area contributed by atoms with Crippen LogP contribution in [-0.2, 0) is 14.4 Å². The Labute approximate surface area is 194 Å². The fourth-order valence-corrected chi connectivity index (χ4v) is 4.36. The van der Waals surface area contributed by atoms with Crippen LogP contribution in [0.1, 0.15) is 19.4 Å². The first-order valence-corrected chi connectivity index (χ1v) is 10.9. The van der Waals surface area contributed by atoms with E-state index < -0.39 is 0 Å². The number of nitrogens with zero attached hydrogens (tertiary/aromatic N) is 3. The molecule has 4 rings (SSSR count). The topological polar surface area (TPSA) is 82.1 Å². The first-order chi connectivity index (χ1) is 15.3. The van der Waals surface area contributed by atoms with Gasteiger partial charge < -0.3 is 5.32 Å². The average Bonchev–Trinajstić information content (AvgIpc) is 3.20. The van der Waals surface area contributed by atoms with E-state index in [-0.39, 0.29) is 17.7 Å². The van der Waals surface area contributed by atoms with Gasteiger partial charge in [0.1, 0.15) is 0 Å². The molecule has 0 unspecified atom stereocenters. The summed E-state index contributed by atoms with van der Waals surface area (Å²) in [5, 5.41) is 8.34. The van der Waals surface area contributed by atoms with Crippen molar-refractivity contribution in [2.75, 3.05) is 10.3 Å². The molecule has 7 nitrogen and oxygen atoms in total. The SMILES string of the molecule is CC(=O)Nc1ccc(C=C2SC(=S)N(C=C3C(=O)N(c4ccccc4)N=C3C)C2=O)cc1. The van der Waals surface area contributed by atoms with Crippen molar-refractivity contribution in [3.8, 4) is 0 Å². The molecule has 2 aromatic rings. The van der Waals surface area contributed by atoms with Crippen LogP contribution < -0.4 is 10.3 Å². The van der Waals surface area contributed by atoms with Gasteiger partial charge in [-0.15, -0.1) is 0 Å². The van der Waals surface area contributed by atoms with Gasteiger partial charge in [-0.25, -0.2) is 0 Å². The van der Waals surface area contributed by atoms with Crippen molar-refractivity contribution in [1.29, 1.82) is 0 Å². The third-order valence-electron chi connectivity index (χ3n) is 4.67. The summed E-state index contributed by atoms with van der Waals surface area (Å²) in [5.41, 5.74) is 2.92. The zero-order valence-corrected chi connectivity index (χ0v) is 18.9. The van der Waals surface area contributed by atoms with Crippen LogP contribution in [0.25, 0.3) is 6.08 Å². The molecule has 32 heavy (non-hydrogen) atoms. The van der Waals surface area contributed by atoms with Crippen molar-refractivity contribution in [1.82, 2.24) is 4.90 Å². The van der Waals surface area contributed by atoms with Gasteiger partial charge in [0.25, 0.3) is 11.8 Å². The summed E-state index contributed by atoms with van der Waals surface area (Å²) in [6, 6.07) is 16.2. The van der Waals surface area contributed by atoms with Crippen LogP contribution in [0.3, 0.4) is 0 Å². The molecule has 0 spiro atoms. The van der Waals surface area contributed by atoms with E-state index in [1.807, 2.05) is 18.2 Å². The fraction of sp³-hybridized carbons (Fsp3) is 0.0870.